The highest BCUT2D eigenvalue weighted by atomic mass is 16.5. The van der Waals surface area contributed by atoms with E-state index in [0.29, 0.717) is 18.0 Å². The van der Waals surface area contributed by atoms with Crippen molar-refractivity contribution in [1.82, 2.24) is 20.0 Å². The first-order valence-electron chi connectivity index (χ1n) is 14.1. The number of fused-ring (bicyclic) bond motifs is 2. The maximum Gasteiger partial charge on any atom is 0.320 e. The van der Waals surface area contributed by atoms with Crippen molar-refractivity contribution in [3.63, 3.8) is 0 Å². The Morgan fingerprint density at radius 1 is 1.08 bits per heavy atom. The summed E-state index contributed by atoms with van der Waals surface area (Å²) in [7, 11) is 2.04. The van der Waals surface area contributed by atoms with Crippen molar-refractivity contribution in [2.45, 2.75) is 82.5 Å². The van der Waals surface area contributed by atoms with Crippen molar-refractivity contribution in [2.24, 2.45) is 11.8 Å². The summed E-state index contributed by atoms with van der Waals surface area (Å²) >= 11 is 0. The molecule has 3 amide bonds. The number of nitrogens with zero attached hydrogens (tertiary/aromatic N) is 3. The van der Waals surface area contributed by atoms with Gasteiger partial charge < -0.3 is 19.9 Å². The van der Waals surface area contributed by atoms with Crippen LogP contribution in [0.3, 0.4) is 0 Å². The van der Waals surface area contributed by atoms with Crippen molar-refractivity contribution < 1.29 is 14.3 Å². The van der Waals surface area contributed by atoms with E-state index in [9.17, 15) is 9.59 Å². The molecule has 0 aromatic heterocycles. The second-order valence-electron chi connectivity index (χ2n) is 11.9. The molecule has 198 valence electrons. The Balaban J connectivity index is 1.23. The molecule has 4 aliphatic heterocycles. The van der Waals surface area contributed by atoms with Gasteiger partial charge in [0.2, 0.25) is 5.91 Å². The Labute approximate surface area is 216 Å². The molecule has 0 saturated carbocycles. The lowest BCUT2D eigenvalue weighted by Gasteiger charge is -2.47. The normalized spacial score (nSPS) is 29.9. The van der Waals surface area contributed by atoms with Crippen molar-refractivity contribution in [2.75, 3.05) is 39.9 Å². The van der Waals surface area contributed by atoms with Gasteiger partial charge in [-0.15, -0.1) is 0 Å². The molecule has 4 heterocycles. The predicted octanol–water partition coefficient (Wildman–Crippen LogP) is 4.05. The molecule has 1 spiro atoms. The van der Waals surface area contributed by atoms with Gasteiger partial charge in [-0.3, -0.25) is 9.69 Å². The molecule has 0 aliphatic carbocycles. The zero-order valence-corrected chi connectivity index (χ0v) is 22.3. The summed E-state index contributed by atoms with van der Waals surface area (Å²) in [5, 5.41) is 3.29. The number of urea groups is 1. The smallest absolute Gasteiger partial charge is 0.320 e. The molecule has 7 heteroatoms. The van der Waals surface area contributed by atoms with E-state index in [1.807, 2.05) is 27.0 Å². The Morgan fingerprint density at radius 2 is 1.75 bits per heavy atom. The SMILES string of the molecule is CC(C)C(=O)N[C@@H](CCN1C2CCC1CC1(C2)CN(CC2CCOCC2)C(=O)N1C)c1ccccc1. The molecule has 5 rings (SSSR count). The third-order valence-corrected chi connectivity index (χ3v) is 9.29. The molecule has 4 fully saturated rings. The topological polar surface area (TPSA) is 65.1 Å². The first kappa shape index (κ1) is 25.5. The van der Waals surface area contributed by atoms with Gasteiger partial charge in [-0.05, 0) is 56.4 Å². The zero-order valence-electron chi connectivity index (χ0n) is 22.3. The van der Waals surface area contributed by atoms with Gasteiger partial charge in [0.05, 0.1) is 11.6 Å². The number of nitrogens with one attached hydrogen (secondary N) is 1. The van der Waals surface area contributed by atoms with Gasteiger partial charge >= 0.3 is 6.03 Å². The van der Waals surface area contributed by atoms with Crippen LogP contribution >= 0.6 is 0 Å². The molecular weight excluding hydrogens is 452 g/mol. The van der Waals surface area contributed by atoms with Crippen LogP contribution in [-0.2, 0) is 9.53 Å². The molecule has 0 radical (unpaired) electrons. The second kappa shape index (κ2) is 10.7. The molecule has 4 aliphatic rings. The molecular formula is C29H44N4O3. The summed E-state index contributed by atoms with van der Waals surface area (Å²) in [6, 6.07) is 11.7. The minimum atomic E-state index is -0.0325. The van der Waals surface area contributed by atoms with Gasteiger partial charge in [0.1, 0.15) is 0 Å². The number of likely N-dealkylation sites (N-methyl/N-ethyl adjacent to an activating group) is 1. The molecule has 36 heavy (non-hydrogen) atoms. The molecule has 1 aromatic rings. The largest absolute Gasteiger partial charge is 0.381 e. The highest BCUT2D eigenvalue weighted by Crippen LogP contribution is 2.46. The van der Waals surface area contributed by atoms with Gasteiger partial charge in [0, 0.05) is 57.9 Å². The quantitative estimate of drug-likeness (QED) is 0.590. The molecule has 1 aromatic carbocycles. The Hall–Kier alpha value is -2.12. The third-order valence-electron chi connectivity index (χ3n) is 9.29. The van der Waals surface area contributed by atoms with Crippen LogP contribution < -0.4 is 5.32 Å². The number of carbonyl (C=O) groups excluding carboxylic acids is 2. The van der Waals surface area contributed by atoms with Crippen molar-refractivity contribution in [1.29, 1.82) is 0 Å². The van der Waals surface area contributed by atoms with E-state index in [2.05, 4.69) is 44.3 Å². The van der Waals surface area contributed by atoms with Crippen molar-refractivity contribution >= 4 is 11.9 Å². The van der Waals surface area contributed by atoms with Crippen molar-refractivity contribution in [3.05, 3.63) is 35.9 Å². The fourth-order valence-corrected chi connectivity index (χ4v) is 7.13. The Morgan fingerprint density at radius 3 is 2.39 bits per heavy atom. The first-order valence-corrected chi connectivity index (χ1v) is 14.1. The maximum absolute atomic E-state index is 13.3. The van der Waals surface area contributed by atoms with Crippen LogP contribution in [0.15, 0.2) is 30.3 Å². The molecule has 2 unspecified atom stereocenters. The van der Waals surface area contributed by atoms with Crippen LogP contribution in [0.4, 0.5) is 4.79 Å². The summed E-state index contributed by atoms with van der Waals surface area (Å²) in [6.45, 7) is 8.29. The lowest BCUT2D eigenvalue weighted by molar-refractivity contribution is -0.124. The number of ether oxygens (including phenoxy) is 1. The summed E-state index contributed by atoms with van der Waals surface area (Å²) in [5.41, 5.74) is 1.15. The van der Waals surface area contributed by atoms with Gasteiger partial charge in [0.25, 0.3) is 0 Å². The van der Waals surface area contributed by atoms with E-state index >= 15 is 0 Å². The van der Waals surface area contributed by atoms with E-state index in [0.717, 1.165) is 65.0 Å². The van der Waals surface area contributed by atoms with E-state index in [4.69, 9.17) is 4.74 Å². The maximum atomic E-state index is 13.3. The highest BCUT2D eigenvalue weighted by Gasteiger charge is 2.56. The molecule has 1 N–H and O–H groups in total. The van der Waals surface area contributed by atoms with Crippen LogP contribution in [0.5, 0.6) is 0 Å². The van der Waals surface area contributed by atoms with Crippen LogP contribution in [0, 0.1) is 11.8 Å². The van der Waals surface area contributed by atoms with E-state index in [1.54, 1.807) is 0 Å². The van der Waals surface area contributed by atoms with Gasteiger partial charge in [-0.1, -0.05) is 44.2 Å². The summed E-state index contributed by atoms with van der Waals surface area (Å²) in [4.78, 5) is 32.7. The minimum Gasteiger partial charge on any atom is -0.381 e. The fraction of sp³-hybridized carbons (Fsp3) is 0.724. The number of amides is 3. The molecule has 4 saturated heterocycles. The molecule has 2 bridgehead atoms. The van der Waals surface area contributed by atoms with Gasteiger partial charge in [0.15, 0.2) is 0 Å². The highest BCUT2D eigenvalue weighted by molar-refractivity contribution is 5.78. The number of carbonyl (C=O) groups is 2. The summed E-state index contributed by atoms with van der Waals surface area (Å²) < 4.78 is 5.53. The summed E-state index contributed by atoms with van der Waals surface area (Å²) in [5.74, 6) is 0.654. The number of hydrogen-bond donors (Lipinski definition) is 1. The number of rotatable bonds is 8. The van der Waals surface area contributed by atoms with Crippen LogP contribution in [0.25, 0.3) is 0 Å². The predicted molar refractivity (Wildman–Crippen MR) is 141 cm³/mol. The van der Waals surface area contributed by atoms with E-state index in [1.165, 1.54) is 18.4 Å². The monoisotopic (exact) mass is 496 g/mol. The lowest BCUT2D eigenvalue weighted by Crippen LogP contribution is -2.57. The first-order chi connectivity index (χ1) is 17.4. The van der Waals surface area contributed by atoms with Gasteiger partial charge in [-0.2, -0.15) is 0 Å². The van der Waals surface area contributed by atoms with Crippen LogP contribution in [-0.4, -0.2) is 84.2 Å². The van der Waals surface area contributed by atoms with Crippen LogP contribution in [0.2, 0.25) is 0 Å². The number of hydrogen-bond acceptors (Lipinski definition) is 4. The zero-order chi connectivity index (χ0) is 25.3. The van der Waals surface area contributed by atoms with Gasteiger partial charge in [-0.25, -0.2) is 4.79 Å². The Kier molecular flexibility index (Phi) is 7.59. The van der Waals surface area contributed by atoms with Crippen molar-refractivity contribution in [3.8, 4) is 0 Å². The minimum absolute atomic E-state index is 0.0261. The molecule has 3 atom stereocenters. The average Bonchev–Trinajstić information content (AvgIpc) is 3.26. The standard InChI is InChI=1S/C29H44N4O3/c1-21(2)27(34)30-26(23-7-5-4-6-8-23)11-14-33-24-9-10-25(33)18-29(17-24)20-32(28(35)31(29)3)19-22-12-15-36-16-13-22/h4-8,21-22,24-26H,9-20H2,1-3H3,(H,30,34)/t24?,25?,26-,29?/m0/s1. The van der Waals surface area contributed by atoms with E-state index in [-0.39, 0.29) is 29.4 Å². The summed E-state index contributed by atoms with van der Waals surface area (Å²) in [6.07, 6.45) is 7.58. The van der Waals surface area contributed by atoms with E-state index < -0.39 is 0 Å². The number of piperidine rings is 1. The second-order valence-corrected chi connectivity index (χ2v) is 11.9. The average molecular weight is 497 g/mol. The third kappa shape index (κ3) is 5.14. The fourth-order valence-electron chi connectivity index (χ4n) is 7.13. The lowest BCUT2D eigenvalue weighted by atomic mass is 9.82. The molecule has 7 nitrogen and oxygen atoms in total. The van der Waals surface area contributed by atoms with Crippen LogP contribution in [0.1, 0.15) is 70.4 Å². The Bertz CT molecular complexity index is 902. The number of benzene rings is 1.